The molecule has 1 nitrogen and oxygen atoms in total. The standard InChI is InChI=1S/C12H15N/c1-9(2)11-8-13(3)12-7-5-4-6-10(11)12/h4-9H,1-3H3. The van der Waals surface area contributed by atoms with Gasteiger partial charge in [-0.05, 0) is 17.5 Å². The van der Waals surface area contributed by atoms with Crippen LogP contribution >= 0.6 is 0 Å². The van der Waals surface area contributed by atoms with Gasteiger partial charge in [0.05, 0.1) is 0 Å². The van der Waals surface area contributed by atoms with Gasteiger partial charge in [0.1, 0.15) is 0 Å². The van der Waals surface area contributed by atoms with Gasteiger partial charge in [0, 0.05) is 24.1 Å². The first-order chi connectivity index (χ1) is 6.20. The normalized spacial score (nSPS) is 11.4. The topological polar surface area (TPSA) is 4.93 Å². The largest absolute Gasteiger partial charge is 0.350 e. The lowest BCUT2D eigenvalue weighted by Crippen LogP contribution is -1.84. The first-order valence-corrected chi connectivity index (χ1v) is 4.74. The molecular weight excluding hydrogens is 158 g/mol. The minimum Gasteiger partial charge on any atom is -0.350 e. The maximum Gasteiger partial charge on any atom is 0.0480 e. The molecule has 0 N–H and O–H groups in total. The number of benzene rings is 1. The van der Waals surface area contributed by atoms with Crippen LogP contribution in [0, 0.1) is 0 Å². The molecule has 0 bridgehead atoms. The molecule has 1 heteroatoms. The van der Waals surface area contributed by atoms with E-state index in [0.717, 1.165) is 0 Å². The summed E-state index contributed by atoms with van der Waals surface area (Å²) in [6.07, 6.45) is 2.23. The maximum atomic E-state index is 2.24. The van der Waals surface area contributed by atoms with E-state index in [1.807, 2.05) is 0 Å². The first-order valence-electron chi connectivity index (χ1n) is 4.74. The fourth-order valence-electron chi connectivity index (χ4n) is 1.83. The molecule has 0 aliphatic heterocycles. The Labute approximate surface area is 79.0 Å². The van der Waals surface area contributed by atoms with Crippen molar-refractivity contribution in [2.24, 2.45) is 7.05 Å². The molecule has 0 radical (unpaired) electrons. The van der Waals surface area contributed by atoms with E-state index in [0.29, 0.717) is 5.92 Å². The van der Waals surface area contributed by atoms with Crippen molar-refractivity contribution in [1.29, 1.82) is 0 Å². The zero-order chi connectivity index (χ0) is 9.42. The van der Waals surface area contributed by atoms with Gasteiger partial charge < -0.3 is 4.57 Å². The Balaban J connectivity index is 2.78. The lowest BCUT2D eigenvalue weighted by atomic mass is 10.0. The minimum atomic E-state index is 0.603. The molecule has 0 atom stereocenters. The lowest BCUT2D eigenvalue weighted by molar-refractivity contribution is 0.857. The van der Waals surface area contributed by atoms with Crippen molar-refractivity contribution in [2.75, 3.05) is 0 Å². The summed E-state index contributed by atoms with van der Waals surface area (Å²) in [6.45, 7) is 4.48. The number of aromatic nitrogens is 1. The Hall–Kier alpha value is -1.24. The Bertz CT molecular complexity index is 424. The fourth-order valence-corrected chi connectivity index (χ4v) is 1.83. The summed E-state index contributed by atoms with van der Waals surface area (Å²) < 4.78 is 2.20. The molecule has 0 saturated carbocycles. The van der Waals surface area contributed by atoms with E-state index in [9.17, 15) is 0 Å². The van der Waals surface area contributed by atoms with Gasteiger partial charge in [0.2, 0.25) is 0 Å². The number of fused-ring (bicyclic) bond motifs is 1. The predicted molar refractivity (Wildman–Crippen MR) is 57.0 cm³/mol. The summed E-state index contributed by atoms with van der Waals surface area (Å²) in [5.74, 6) is 0.603. The molecule has 1 aromatic carbocycles. The highest BCUT2D eigenvalue weighted by Crippen LogP contribution is 2.26. The predicted octanol–water partition coefficient (Wildman–Crippen LogP) is 3.30. The second-order valence-electron chi connectivity index (χ2n) is 3.87. The van der Waals surface area contributed by atoms with Gasteiger partial charge in [0.15, 0.2) is 0 Å². The molecule has 0 amide bonds. The zero-order valence-corrected chi connectivity index (χ0v) is 8.41. The summed E-state index contributed by atoms with van der Waals surface area (Å²) in [5, 5.41) is 1.39. The van der Waals surface area contributed by atoms with Crippen molar-refractivity contribution in [3.63, 3.8) is 0 Å². The van der Waals surface area contributed by atoms with E-state index < -0.39 is 0 Å². The number of hydrogen-bond acceptors (Lipinski definition) is 0. The van der Waals surface area contributed by atoms with Crippen molar-refractivity contribution in [3.05, 3.63) is 36.0 Å². The summed E-state index contributed by atoms with van der Waals surface area (Å²) in [4.78, 5) is 0. The third-order valence-corrected chi connectivity index (χ3v) is 2.55. The van der Waals surface area contributed by atoms with E-state index in [1.165, 1.54) is 16.5 Å². The van der Waals surface area contributed by atoms with Crippen molar-refractivity contribution >= 4 is 10.9 Å². The van der Waals surface area contributed by atoms with Gasteiger partial charge in [-0.3, -0.25) is 0 Å². The van der Waals surface area contributed by atoms with Crippen molar-refractivity contribution in [2.45, 2.75) is 19.8 Å². The third kappa shape index (κ3) is 1.24. The van der Waals surface area contributed by atoms with Crippen LogP contribution in [0.25, 0.3) is 10.9 Å². The second kappa shape index (κ2) is 2.91. The molecule has 0 fully saturated rings. The zero-order valence-electron chi connectivity index (χ0n) is 8.41. The molecule has 68 valence electrons. The van der Waals surface area contributed by atoms with Gasteiger partial charge >= 0.3 is 0 Å². The first kappa shape index (κ1) is 8.36. The molecular formula is C12H15N. The highest BCUT2D eigenvalue weighted by molar-refractivity contribution is 5.84. The molecule has 2 aromatic rings. The van der Waals surface area contributed by atoms with Crippen LogP contribution in [-0.2, 0) is 7.05 Å². The third-order valence-electron chi connectivity index (χ3n) is 2.55. The maximum absolute atomic E-state index is 2.24. The Morgan fingerprint density at radius 1 is 1.15 bits per heavy atom. The summed E-state index contributed by atoms with van der Waals surface area (Å²) in [5.41, 5.74) is 2.77. The number of para-hydroxylation sites is 1. The fraction of sp³-hybridized carbons (Fsp3) is 0.333. The van der Waals surface area contributed by atoms with E-state index in [4.69, 9.17) is 0 Å². The molecule has 13 heavy (non-hydrogen) atoms. The van der Waals surface area contributed by atoms with Crippen molar-refractivity contribution < 1.29 is 0 Å². The van der Waals surface area contributed by atoms with E-state index in [1.54, 1.807) is 0 Å². The average molecular weight is 173 g/mol. The number of hydrogen-bond donors (Lipinski definition) is 0. The molecule has 0 saturated heterocycles. The van der Waals surface area contributed by atoms with E-state index in [2.05, 4.69) is 55.9 Å². The van der Waals surface area contributed by atoms with Gasteiger partial charge in [-0.2, -0.15) is 0 Å². The molecule has 0 unspecified atom stereocenters. The Kier molecular flexibility index (Phi) is 1.87. The Morgan fingerprint density at radius 2 is 1.85 bits per heavy atom. The van der Waals surface area contributed by atoms with Crippen LogP contribution in [0.5, 0.6) is 0 Å². The number of nitrogens with zero attached hydrogens (tertiary/aromatic N) is 1. The molecule has 1 aromatic heterocycles. The van der Waals surface area contributed by atoms with Crippen LogP contribution in [0.15, 0.2) is 30.5 Å². The number of rotatable bonds is 1. The lowest BCUT2D eigenvalue weighted by Gasteiger charge is -2.00. The van der Waals surface area contributed by atoms with E-state index in [-0.39, 0.29) is 0 Å². The summed E-state index contributed by atoms with van der Waals surface area (Å²) >= 11 is 0. The van der Waals surface area contributed by atoms with Crippen molar-refractivity contribution in [3.8, 4) is 0 Å². The summed E-state index contributed by atoms with van der Waals surface area (Å²) in [7, 11) is 2.11. The van der Waals surface area contributed by atoms with E-state index >= 15 is 0 Å². The van der Waals surface area contributed by atoms with Crippen LogP contribution in [0.2, 0.25) is 0 Å². The van der Waals surface area contributed by atoms with Gasteiger partial charge in [-0.1, -0.05) is 32.0 Å². The smallest absolute Gasteiger partial charge is 0.0480 e. The van der Waals surface area contributed by atoms with Crippen LogP contribution < -0.4 is 0 Å². The van der Waals surface area contributed by atoms with Crippen molar-refractivity contribution in [1.82, 2.24) is 4.57 Å². The molecule has 1 heterocycles. The quantitative estimate of drug-likeness (QED) is 0.623. The Morgan fingerprint density at radius 3 is 2.54 bits per heavy atom. The second-order valence-corrected chi connectivity index (χ2v) is 3.87. The SMILES string of the molecule is CC(C)c1cn(C)c2ccccc12. The molecule has 0 aliphatic rings. The molecule has 0 aliphatic carbocycles. The van der Waals surface area contributed by atoms with Gasteiger partial charge in [-0.25, -0.2) is 0 Å². The van der Waals surface area contributed by atoms with Gasteiger partial charge in [-0.15, -0.1) is 0 Å². The summed E-state index contributed by atoms with van der Waals surface area (Å²) in [6, 6.07) is 8.56. The van der Waals surface area contributed by atoms with Gasteiger partial charge in [0.25, 0.3) is 0 Å². The van der Waals surface area contributed by atoms with Crippen LogP contribution in [0.1, 0.15) is 25.3 Å². The average Bonchev–Trinajstić information content (AvgIpc) is 2.45. The highest BCUT2D eigenvalue weighted by Gasteiger charge is 2.07. The monoisotopic (exact) mass is 173 g/mol. The highest BCUT2D eigenvalue weighted by atomic mass is 14.9. The minimum absolute atomic E-state index is 0.603. The van der Waals surface area contributed by atoms with Crippen LogP contribution in [0.4, 0.5) is 0 Å². The molecule has 0 spiro atoms. The number of aryl methyl sites for hydroxylation is 1. The molecule has 2 rings (SSSR count). The van der Waals surface area contributed by atoms with Crippen LogP contribution in [0.3, 0.4) is 0 Å². The van der Waals surface area contributed by atoms with Crippen LogP contribution in [-0.4, -0.2) is 4.57 Å².